The predicted molar refractivity (Wildman–Crippen MR) is 70.3 cm³/mol. The van der Waals surface area contributed by atoms with Crippen LogP contribution in [0.15, 0.2) is 24.3 Å². The molecule has 1 N–H and O–H groups in total. The normalized spacial score (nSPS) is 12.3. The maximum atomic E-state index is 11.5. The van der Waals surface area contributed by atoms with Crippen LogP contribution in [0.1, 0.15) is 20.8 Å². The van der Waals surface area contributed by atoms with Gasteiger partial charge in [-0.2, -0.15) is 0 Å². The Bertz CT molecular complexity index is 379. The minimum Gasteiger partial charge on any atom is -0.461 e. The molecule has 94 valence electrons. The van der Waals surface area contributed by atoms with E-state index in [4.69, 9.17) is 16.3 Å². The molecule has 0 aliphatic rings. The van der Waals surface area contributed by atoms with E-state index in [9.17, 15) is 4.79 Å². The molecule has 4 heteroatoms. The second-order valence-electron chi connectivity index (χ2n) is 4.30. The molecule has 0 aliphatic carbocycles. The fourth-order valence-corrected chi connectivity index (χ4v) is 1.35. The molecule has 0 amide bonds. The molecule has 17 heavy (non-hydrogen) atoms. The van der Waals surface area contributed by atoms with Gasteiger partial charge in [0.1, 0.15) is 12.6 Å². The highest BCUT2D eigenvalue weighted by Crippen LogP contribution is 2.14. The summed E-state index contributed by atoms with van der Waals surface area (Å²) < 4.78 is 5.23. The molecular formula is C13H18ClNO2. The molecule has 1 aromatic rings. The smallest absolute Gasteiger partial charge is 0.325 e. The molecule has 0 spiro atoms. The van der Waals surface area contributed by atoms with E-state index in [-0.39, 0.29) is 18.6 Å². The van der Waals surface area contributed by atoms with E-state index in [1.54, 1.807) is 12.1 Å². The second-order valence-corrected chi connectivity index (χ2v) is 4.74. The summed E-state index contributed by atoms with van der Waals surface area (Å²) in [6.45, 7) is 6.07. The summed E-state index contributed by atoms with van der Waals surface area (Å²) in [5.41, 5.74) is 0.812. The Morgan fingerprint density at radius 3 is 2.71 bits per heavy atom. The fraction of sp³-hybridized carbons (Fsp3) is 0.462. The molecule has 0 bridgehead atoms. The molecule has 0 saturated heterocycles. The van der Waals surface area contributed by atoms with E-state index < -0.39 is 0 Å². The summed E-state index contributed by atoms with van der Waals surface area (Å²) in [6, 6.07) is 7.23. The summed E-state index contributed by atoms with van der Waals surface area (Å²) in [5.74, 6) is 0.0660. The number of anilines is 1. The molecule has 1 unspecified atom stereocenters. The van der Waals surface area contributed by atoms with Crippen molar-refractivity contribution in [1.29, 1.82) is 0 Å². The number of nitrogens with one attached hydrogen (secondary N) is 1. The average Bonchev–Trinajstić information content (AvgIpc) is 2.26. The third-order valence-electron chi connectivity index (χ3n) is 2.52. The summed E-state index contributed by atoms with van der Waals surface area (Å²) in [6.07, 6.45) is -0.0661. The van der Waals surface area contributed by atoms with Gasteiger partial charge < -0.3 is 10.1 Å². The first-order valence-electron chi connectivity index (χ1n) is 5.68. The molecule has 3 nitrogen and oxygen atoms in total. The van der Waals surface area contributed by atoms with Gasteiger partial charge in [-0.25, -0.2) is 0 Å². The first-order chi connectivity index (χ1) is 7.99. The van der Waals surface area contributed by atoms with Gasteiger partial charge in [0.05, 0.1) is 0 Å². The van der Waals surface area contributed by atoms with Gasteiger partial charge in [-0.15, -0.1) is 0 Å². The number of hydrogen-bond donors (Lipinski definition) is 1. The first kappa shape index (κ1) is 13.8. The van der Waals surface area contributed by atoms with Crippen molar-refractivity contribution < 1.29 is 9.53 Å². The van der Waals surface area contributed by atoms with Crippen molar-refractivity contribution in [2.75, 3.05) is 11.9 Å². The van der Waals surface area contributed by atoms with Crippen molar-refractivity contribution >= 4 is 23.3 Å². The lowest BCUT2D eigenvalue weighted by Gasteiger charge is -2.16. The summed E-state index contributed by atoms with van der Waals surface area (Å²) in [5, 5.41) is 3.61. The number of benzene rings is 1. The quantitative estimate of drug-likeness (QED) is 0.820. The molecule has 0 radical (unpaired) electrons. The van der Waals surface area contributed by atoms with Gasteiger partial charge in [0.25, 0.3) is 0 Å². The van der Waals surface area contributed by atoms with Crippen LogP contribution in [0.5, 0.6) is 0 Å². The summed E-state index contributed by atoms with van der Waals surface area (Å²) in [7, 11) is 0. The maximum absolute atomic E-state index is 11.5. The number of rotatable bonds is 5. The van der Waals surface area contributed by atoms with Crippen LogP contribution < -0.4 is 5.32 Å². The van der Waals surface area contributed by atoms with Gasteiger partial charge in [0.2, 0.25) is 0 Å². The maximum Gasteiger partial charge on any atom is 0.325 e. The molecule has 1 aromatic carbocycles. The van der Waals surface area contributed by atoms with E-state index >= 15 is 0 Å². The largest absolute Gasteiger partial charge is 0.461 e. The Hall–Kier alpha value is -1.22. The molecular weight excluding hydrogens is 238 g/mol. The standard InChI is InChI=1S/C13H18ClNO2/c1-9(2)10(3)17-13(16)8-15-12-6-4-5-11(14)7-12/h4-7,9-10,15H,8H2,1-3H3. The van der Waals surface area contributed by atoms with Crippen LogP contribution in [0.3, 0.4) is 0 Å². The molecule has 0 saturated carbocycles. The lowest BCUT2D eigenvalue weighted by Crippen LogP contribution is -2.25. The van der Waals surface area contributed by atoms with Gasteiger partial charge in [0.15, 0.2) is 0 Å². The third-order valence-corrected chi connectivity index (χ3v) is 2.75. The first-order valence-corrected chi connectivity index (χ1v) is 6.05. The van der Waals surface area contributed by atoms with Crippen LogP contribution in [0, 0.1) is 5.92 Å². The van der Waals surface area contributed by atoms with Gasteiger partial charge in [0, 0.05) is 10.7 Å². The van der Waals surface area contributed by atoms with Gasteiger partial charge >= 0.3 is 5.97 Å². The van der Waals surface area contributed by atoms with E-state index in [0.29, 0.717) is 10.9 Å². The van der Waals surface area contributed by atoms with Crippen LogP contribution in [-0.2, 0) is 9.53 Å². The second kappa shape index (κ2) is 6.50. The Balaban J connectivity index is 2.38. The van der Waals surface area contributed by atoms with E-state index in [1.807, 2.05) is 32.9 Å². The summed E-state index contributed by atoms with van der Waals surface area (Å²) >= 11 is 5.83. The lowest BCUT2D eigenvalue weighted by molar-refractivity contribution is -0.147. The van der Waals surface area contributed by atoms with E-state index in [0.717, 1.165) is 5.69 Å². The average molecular weight is 256 g/mol. The zero-order valence-electron chi connectivity index (χ0n) is 10.4. The third kappa shape index (κ3) is 5.09. The molecule has 0 aliphatic heterocycles. The SMILES string of the molecule is CC(C)C(C)OC(=O)CNc1cccc(Cl)c1. The summed E-state index contributed by atoms with van der Waals surface area (Å²) in [4.78, 5) is 11.5. The van der Waals surface area contributed by atoms with E-state index in [1.165, 1.54) is 0 Å². The van der Waals surface area contributed by atoms with Gasteiger partial charge in [-0.3, -0.25) is 4.79 Å². The number of esters is 1. The van der Waals surface area contributed by atoms with Crippen molar-refractivity contribution in [3.05, 3.63) is 29.3 Å². The van der Waals surface area contributed by atoms with Crippen molar-refractivity contribution in [2.45, 2.75) is 26.9 Å². The number of carbonyl (C=O) groups excluding carboxylic acids is 1. The highest BCUT2D eigenvalue weighted by molar-refractivity contribution is 6.30. The number of hydrogen-bond acceptors (Lipinski definition) is 3. The van der Waals surface area contributed by atoms with Crippen molar-refractivity contribution in [2.24, 2.45) is 5.92 Å². The highest BCUT2D eigenvalue weighted by atomic mass is 35.5. The van der Waals surface area contributed by atoms with Crippen molar-refractivity contribution in [1.82, 2.24) is 0 Å². The Labute approximate surface area is 107 Å². The molecule has 0 heterocycles. The van der Waals surface area contributed by atoms with Crippen LogP contribution in [0.25, 0.3) is 0 Å². The zero-order valence-corrected chi connectivity index (χ0v) is 11.1. The Morgan fingerprint density at radius 2 is 2.12 bits per heavy atom. The predicted octanol–water partition coefficient (Wildman–Crippen LogP) is 3.34. The molecule has 1 atom stereocenters. The molecule has 1 rings (SSSR count). The molecule has 0 fully saturated rings. The Kier molecular flexibility index (Phi) is 5.29. The minimum absolute atomic E-state index is 0.0661. The molecule has 0 aromatic heterocycles. The van der Waals surface area contributed by atoms with Crippen LogP contribution >= 0.6 is 11.6 Å². The van der Waals surface area contributed by atoms with Gasteiger partial charge in [-0.05, 0) is 31.0 Å². The lowest BCUT2D eigenvalue weighted by atomic mass is 10.1. The van der Waals surface area contributed by atoms with Crippen LogP contribution in [0.4, 0.5) is 5.69 Å². The van der Waals surface area contributed by atoms with Crippen molar-refractivity contribution in [3.63, 3.8) is 0 Å². The van der Waals surface area contributed by atoms with E-state index in [2.05, 4.69) is 5.32 Å². The van der Waals surface area contributed by atoms with Crippen LogP contribution in [0.2, 0.25) is 5.02 Å². The number of ether oxygens (including phenoxy) is 1. The fourth-order valence-electron chi connectivity index (χ4n) is 1.16. The minimum atomic E-state index is -0.258. The van der Waals surface area contributed by atoms with Crippen LogP contribution in [-0.4, -0.2) is 18.6 Å². The number of carbonyl (C=O) groups is 1. The highest BCUT2D eigenvalue weighted by Gasteiger charge is 2.12. The van der Waals surface area contributed by atoms with Gasteiger partial charge in [-0.1, -0.05) is 31.5 Å². The Morgan fingerprint density at radius 1 is 1.41 bits per heavy atom. The zero-order chi connectivity index (χ0) is 12.8. The number of halogens is 1. The topological polar surface area (TPSA) is 38.3 Å². The monoisotopic (exact) mass is 255 g/mol. The van der Waals surface area contributed by atoms with Crippen molar-refractivity contribution in [3.8, 4) is 0 Å².